The van der Waals surface area contributed by atoms with E-state index < -0.39 is 30.1 Å². The fourth-order valence-corrected chi connectivity index (χ4v) is 2.74. The molecule has 0 radical (unpaired) electrons. The topological polar surface area (TPSA) is 84.9 Å². The van der Waals surface area contributed by atoms with Crippen LogP contribution in [0.15, 0.2) is 30.3 Å². The number of ether oxygens (including phenoxy) is 2. The van der Waals surface area contributed by atoms with Gasteiger partial charge in [0.25, 0.3) is 0 Å². The van der Waals surface area contributed by atoms with E-state index in [1.165, 1.54) is 4.90 Å². The van der Waals surface area contributed by atoms with Crippen LogP contribution < -0.4 is 5.32 Å². The van der Waals surface area contributed by atoms with Crippen molar-refractivity contribution in [2.24, 2.45) is 0 Å². The summed E-state index contributed by atoms with van der Waals surface area (Å²) in [5.74, 6) is -1.01. The summed E-state index contributed by atoms with van der Waals surface area (Å²) in [4.78, 5) is 38.2. The highest BCUT2D eigenvalue weighted by Crippen LogP contribution is 2.27. The van der Waals surface area contributed by atoms with Gasteiger partial charge in [0.05, 0.1) is 13.2 Å². The van der Waals surface area contributed by atoms with Crippen LogP contribution in [0.1, 0.15) is 26.7 Å². The maximum atomic E-state index is 12.7. The van der Waals surface area contributed by atoms with Crippen molar-refractivity contribution >= 4 is 23.7 Å². The summed E-state index contributed by atoms with van der Waals surface area (Å²) in [7, 11) is 0. The Morgan fingerprint density at radius 2 is 1.50 bits per heavy atom. The van der Waals surface area contributed by atoms with E-state index in [-0.39, 0.29) is 13.2 Å². The second-order valence-corrected chi connectivity index (χ2v) is 5.32. The summed E-state index contributed by atoms with van der Waals surface area (Å²) >= 11 is 0. The molecular weight excluding hydrogens is 312 g/mol. The summed E-state index contributed by atoms with van der Waals surface area (Å²) < 4.78 is 10.1. The lowest BCUT2D eigenvalue weighted by Gasteiger charge is -2.28. The molecular formula is C17H22N2O5. The monoisotopic (exact) mass is 334 g/mol. The number of amides is 2. The maximum Gasteiger partial charge on any atom is 0.328 e. The zero-order chi connectivity index (χ0) is 17.5. The van der Waals surface area contributed by atoms with Gasteiger partial charge >= 0.3 is 18.0 Å². The minimum absolute atomic E-state index is 0.216. The lowest BCUT2D eigenvalue weighted by Crippen LogP contribution is -2.50. The number of hydrogen-bond acceptors (Lipinski definition) is 5. The molecule has 1 N–H and O–H groups in total. The number of rotatable bonds is 5. The van der Waals surface area contributed by atoms with Crippen LogP contribution in [0.5, 0.6) is 0 Å². The minimum atomic E-state index is -0.789. The van der Waals surface area contributed by atoms with Crippen molar-refractivity contribution in [2.45, 2.75) is 38.8 Å². The summed E-state index contributed by atoms with van der Waals surface area (Å²) in [6, 6.07) is 6.76. The Kier molecular flexibility index (Phi) is 6.17. The molecule has 130 valence electrons. The van der Waals surface area contributed by atoms with Crippen molar-refractivity contribution in [3.63, 3.8) is 0 Å². The van der Waals surface area contributed by atoms with Gasteiger partial charge in [0.2, 0.25) is 0 Å². The van der Waals surface area contributed by atoms with Gasteiger partial charge in [-0.05, 0) is 38.8 Å². The zero-order valence-corrected chi connectivity index (χ0v) is 13.9. The quantitative estimate of drug-likeness (QED) is 0.834. The van der Waals surface area contributed by atoms with Crippen molar-refractivity contribution in [2.75, 3.05) is 18.5 Å². The predicted octanol–water partition coefficient (Wildman–Crippen LogP) is 2.18. The maximum absolute atomic E-state index is 12.7. The number of hydrogen-bond donors (Lipinski definition) is 1. The number of carbonyl (C=O) groups excluding carboxylic acids is 3. The van der Waals surface area contributed by atoms with Gasteiger partial charge in [-0.15, -0.1) is 0 Å². The van der Waals surface area contributed by atoms with Gasteiger partial charge < -0.3 is 14.8 Å². The number of esters is 2. The molecule has 1 aromatic carbocycles. The standard InChI is InChI=1S/C17H22N2O5/c1-3-23-15(20)13-10-11-14(16(21)24-4-2)19(13)17(22)18-12-8-6-5-7-9-12/h5-9,13-14H,3-4,10-11H2,1-2H3,(H,18,22). The van der Waals surface area contributed by atoms with Crippen LogP contribution in [0, 0.1) is 0 Å². The van der Waals surface area contributed by atoms with E-state index in [1.807, 2.05) is 6.07 Å². The molecule has 0 aliphatic carbocycles. The average molecular weight is 334 g/mol. The van der Waals surface area contributed by atoms with Gasteiger partial charge in [0.1, 0.15) is 12.1 Å². The van der Waals surface area contributed by atoms with Gasteiger partial charge in [-0.1, -0.05) is 18.2 Å². The molecule has 2 unspecified atom stereocenters. The van der Waals surface area contributed by atoms with E-state index >= 15 is 0 Å². The lowest BCUT2D eigenvalue weighted by molar-refractivity contribution is -0.151. The van der Waals surface area contributed by atoms with Crippen LogP contribution in [0.4, 0.5) is 10.5 Å². The van der Waals surface area contributed by atoms with Crippen LogP contribution in [-0.2, 0) is 19.1 Å². The fraction of sp³-hybridized carbons (Fsp3) is 0.471. The molecule has 2 amide bonds. The molecule has 24 heavy (non-hydrogen) atoms. The van der Waals surface area contributed by atoms with Crippen molar-refractivity contribution < 1.29 is 23.9 Å². The molecule has 7 heteroatoms. The predicted molar refractivity (Wildman–Crippen MR) is 87.4 cm³/mol. The number of benzene rings is 1. The number of nitrogens with one attached hydrogen (secondary N) is 1. The van der Waals surface area contributed by atoms with Crippen LogP contribution in [0.3, 0.4) is 0 Å². The molecule has 1 saturated heterocycles. The molecule has 0 aromatic heterocycles. The first-order valence-corrected chi connectivity index (χ1v) is 8.06. The number of nitrogens with zero attached hydrogens (tertiary/aromatic N) is 1. The van der Waals surface area contributed by atoms with E-state index in [2.05, 4.69) is 5.32 Å². The van der Waals surface area contributed by atoms with Gasteiger partial charge in [-0.3, -0.25) is 4.90 Å². The second kappa shape index (κ2) is 8.33. The molecule has 0 saturated carbocycles. The Hall–Kier alpha value is -2.57. The molecule has 1 aromatic rings. The third kappa shape index (κ3) is 4.04. The molecule has 0 spiro atoms. The van der Waals surface area contributed by atoms with E-state index in [1.54, 1.807) is 38.1 Å². The van der Waals surface area contributed by atoms with Gasteiger partial charge in [-0.25, -0.2) is 14.4 Å². The molecule has 0 bridgehead atoms. The number of anilines is 1. The molecule has 2 atom stereocenters. The number of urea groups is 1. The molecule has 1 heterocycles. The fourth-order valence-electron chi connectivity index (χ4n) is 2.74. The Labute approximate surface area is 140 Å². The molecule has 1 aliphatic heterocycles. The van der Waals surface area contributed by atoms with Crippen molar-refractivity contribution in [3.05, 3.63) is 30.3 Å². The third-order valence-corrected chi connectivity index (χ3v) is 3.76. The smallest absolute Gasteiger partial charge is 0.328 e. The van der Waals surface area contributed by atoms with Crippen LogP contribution in [0.25, 0.3) is 0 Å². The highest BCUT2D eigenvalue weighted by atomic mass is 16.5. The summed E-state index contributed by atoms with van der Waals surface area (Å²) in [6.45, 7) is 3.83. The van der Waals surface area contributed by atoms with Crippen molar-refractivity contribution in [1.29, 1.82) is 0 Å². The van der Waals surface area contributed by atoms with E-state index in [9.17, 15) is 14.4 Å². The van der Waals surface area contributed by atoms with Gasteiger partial charge in [0, 0.05) is 5.69 Å². The zero-order valence-electron chi connectivity index (χ0n) is 13.9. The normalized spacial score (nSPS) is 19.7. The van der Waals surface area contributed by atoms with Crippen LogP contribution in [0.2, 0.25) is 0 Å². The first-order chi connectivity index (χ1) is 11.6. The Morgan fingerprint density at radius 1 is 1.00 bits per heavy atom. The summed E-state index contributed by atoms with van der Waals surface area (Å²) in [5.41, 5.74) is 0.583. The van der Waals surface area contributed by atoms with Crippen molar-refractivity contribution in [1.82, 2.24) is 4.90 Å². The van der Waals surface area contributed by atoms with E-state index in [4.69, 9.17) is 9.47 Å². The highest BCUT2D eigenvalue weighted by molar-refractivity contribution is 5.96. The number of para-hydroxylation sites is 1. The molecule has 1 aliphatic rings. The SMILES string of the molecule is CCOC(=O)C1CCC(C(=O)OCC)N1C(=O)Nc1ccccc1. The molecule has 1 fully saturated rings. The average Bonchev–Trinajstić information content (AvgIpc) is 3.01. The van der Waals surface area contributed by atoms with Crippen LogP contribution >= 0.6 is 0 Å². The second-order valence-electron chi connectivity index (χ2n) is 5.32. The highest BCUT2D eigenvalue weighted by Gasteiger charge is 2.45. The first-order valence-electron chi connectivity index (χ1n) is 8.06. The minimum Gasteiger partial charge on any atom is -0.464 e. The van der Waals surface area contributed by atoms with Crippen LogP contribution in [-0.4, -0.2) is 48.2 Å². The van der Waals surface area contributed by atoms with Crippen molar-refractivity contribution in [3.8, 4) is 0 Å². The Bertz CT molecular complexity index is 564. The lowest BCUT2D eigenvalue weighted by atomic mass is 10.2. The third-order valence-electron chi connectivity index (χ3n) is 3.76. The Balaban J connectivity index is 2.20. The number of likely N-dealkylation sites (tertiary alicyclic amines) is 1. The van der Waals surface area contributed by atoms with E-state index in [0.717, 1.165) is 0 Å². The van der Waals surface area contributed by atoms with Gasteiger partial charge in [-0.2, -0.15) is 0 Å². The number of carbonyl (C=O) groups is 3. The molecule has 2 rings (SSSR count). The largest absolute Gasteiger partial charge is 0.464 e. The van der Waals surface area contributed by atoms with Gasteiger partial charge in [0.15, 0.2) is 0 Å². The summed E-state index contributed by atoms with van der Waals surface area (Å²) in [6.07, 6.45) is 0.731. The van der Waals surface area contributed by atoms with E-state index in [0.29, 0.717) is 18.5 Å². The molecule has 7 nitrogen and oxygen atoms in total. The summed E-state index contributed by atoms with van der Waals surface area (Å²) in [5, 5.41) is 2.71. The first kappa shape index (κ1) is 17.8. The Morgan fingerprint density at radius 3 is 1.96 bits per heavy atom.